The van der Waals surface area contributed by atoms with E-state index in [1.165, 1.54) is 12.1 Å². The van der Waals surface area contributed by atoms with Gasteiger partial charge in [-0.3, -0.25) is 14.9 Å². The predicted molar refractivity (Wildman–Crippen MR) is 84.4 cm³/mol. The van der Waals surface area contributed by atoms with Crippen LogP contribution in [0, 0.1) is 10.1 Å². The van der Waals surface area contributed by atoms with E-state index in [2.05, 4.69) is 4.98 Å². The van der Waals surface area contributed by atoms with Crippen molar-refractivity contribution in [1.29, 1.82) is 0 Å². The summed E-state index contributed by atoms with van der Waals surface area (Å²) in [5, 5.41) is 10.6. The smallest absolute Gasteiger partial charge is 0.287 e. The number of hydrogen-bond acceptors (Lipinski definition) is 5. The van der Waals surface area contributed by atoms with E-state index in [1.54, 1.807) is 31.1 Å². The third kappa shape index (κ3) is 4.77. The summed E-state index contributed by atoms with van der Waals surface area (Å²) in [6, 6.07) is 10.1. The number of carbonyl (C=O) groups excluding carboxylic acids is 1. The van der Waals surface area contributed by atoms with Crippen molar-refractivity contribution in [3.63, 3.8) is 0 Å². The number of pyridine rings is 1. The van der Waals surface area contributed by atoms with Gasteiger partial charge in [-0.05, 0) is 24.1 Å². The largest absolute Gasteiger partial charge is 0.439 e. The maximum Gasteiger partial charge on any atom is 0.287 e. The molecule has 1 amide bonds. The lowest BCUT2D eigenvalue weighted by atomic mass is 10.1. The Kier molecular flexibility index (Phi) is 5.24. The van der Waals surface area contributed by atoms with E-state index in [1.807, 2.05) is 12.1 Å². The van der Waals surface area contributed by atoms with Crippen molar-refractivity contribution in [2.45, 2.75) is 12.8 Å². The van der Waals surface area contributed by atoms with Crippen molar-refractivity contribution in [2.75, 3.05) is 14.1 Å². The topological polar surface area (TPSA) is 85.6 Å². The molecule has 1 heterocycles. The Labute approximate surface area is 133 Å². The molecule has 0 saturated heterocycles. The first-order valence-corrected chi connectivity index (χ1v) is 7.03. The van der Waals surface area contributed by atoms with Gasteiger partial charge in [-0.15, -0.1) is 0 Å². The van der Waals surface area contributed by atoms with Crippen molar-refractivity contribution in [3.8, 4) is 11.6 Å². The molecule has 0 unspecified atom stereocenters. The van der Waals surface area contributed by atoms with Gasteiger partial charge in [0.05, 0.1) is 4.92 Å². The van der Waals surface area contributed by atoms with Crippen LogP contribution in [0.15, 0.2) is 42.6 Å². The lowest BCUT2D eigenvalue weighted by Gasteiger charge is -2.10. The number of ether oxygens (including phenoxy) is 1. The summed E-state index contributed by atoms with van der Waals surface area (Å²) >= 11 is 0. The van der Waals surface area contributed by atoms with Gasteiger partial charge < -0.3 is 9.64 Å². The second-order valence-electron chi connectivity index (χ2n) is 5.15. The molecule has 0 N–H and O–H groups in total. The van der Waals surface area contributed by atoms with Gasteiger partial charge in [0.25, 0.3) is 5.69 Å². The van der Waals surface area contributed by atoms with Gasteiger partial charge in [-0.2, -0.15) is 0 Å². The van der Waals surface area contributed by atoms with Crippen LogP contribution in [0.25, 0.3) is 0 Å². The molecule has 7 nitrogen and oxygen atoms in total. The Morgan fingerprint density at radius 1 is 1.22 bits per heavy atom. The van der Waals surface area contributed by atoms with Crippen molar-refractivity contribution >= 4 is 11.6 Å². The highest BCUT2D eigenvalue weighted by Crippen LogP contribution is 2.21. The highest BCUT2D eigenvalue weighted by atomic mass is 16.6. The normalized spacial score (nSPS) is 10.2. The van der Waals surface area contributed by atoms with Crippen LogP contribution in [-0.2, 0) is 11.2 Å². The number of benzene rings is 1. The molecule has 7 heteroatoms. The van der Waals surface area contributed by atoms with Crippen LogP contribution in [0.3, 0.4) is 0 Å². The predicted octanol–water partition coefficient (Wildman–Crippen LogP) is 2.80. The fourth-order valence-electron chi connectivity index (χ4n) is 1.86. The molecule has 23 heavy (non-hydrogen) atoms. The minimum Gasteiger partial charge on any atom is -0.439 e. The number of aromatic nitrogens is 1. The molecule has 0 aliphatic rings. The Hall–Kier alpha value is -2.96. The van der Waals surface area contributed by atoms with Crippen molar-refractivity contribution in [2.24, 2.45) is 0 Å². The van der Waals surface area contributed by atoms with Crippen LogP contribution in [0.5, 0.6) is 11.6 Å². The summed E-state index contributed by atoms with van der Waals surface area (Å²) in [6.07, 6.45) is 2.26. The second-order valence-corrected chi connectivity index (χ2v) is 5.15. The van der Waals surface area contributed by atoms with E-state index < -0.39 is 4.92 Å². The fraction of sp³-hybridized carbons (Fsp3) is 0.250. The number of carbonyl (C=O) groups is 1. The lowest BCUT2D eigenvalue weighted by Crippen LogP contribution is -2.21. The van der Waals surface area contributed by atoms with Crippen LogP contribution >= 0.6 is 0 Å². The molecule has 0 aliphatic carbocycles. The first-order chi connectivity index (χ1) is 11.0. The van der Waals surface area contributed by atoms with E-state index in [4.69, 9.17) is 4.74 Å². The summed E-state index contributed by atoms with van der Waals surface area (Å²) < 4.78 is 5.52. The van der Waals surface area contributed by atoms with Gasteiger partial charge in [0.2, 0.25) is 11.8 Å². The van der Waals surface area contributed by atoms with E-state index in [0.29, 0.717) is 18.6 Å². The summed E-state index contributed by atoms with van der Waals surface area (Å²) in [7, 11) is 3.47. The maximum absolute atomic E-state index is 11.5. The van der Waals surface area contributed by atoms with Gasteiger partial charge in [0, 0.05) is 32.6 Å². The number of rotatable bonds is 6. The minimum atomic E-state index is -0.513. The molecule has 0 bridgehead atoms. The fourth-order valence-corrected chi connectivity index (χ4v) is 1.86. The van der Waals surface area contributed by atoms with Crippen LogP contribution in [-0.4, -0.2) is 34.8 Å². The van der Waals surface area contributed by atoms with Crippen LogP contribution < -0.4 is 4.74 Å². The monoisotopic (exact) mass is 315 g/mol. The van der Waals surface area contributed by atoms with Gasteiger partial charge in [0.1, 0.15) is 11.9 Å². The molecule has 0 radical (unpaired) electrons. The average molecular weight is 315 g/mol. The van der Waals surface area contributed by atoms with Gasteiger partial charge in [-0.25, -0.2) is 4.98 Å². The SMILES string of the molecule is CN(C)C(=O)CCc1ccc(Oc2ccc([N+](=O)[O-])cn2)cc1. The number of amides is 1. The third-order valence-corrected chi connectivity index (χ3v) is 3.20. The van der Waals surface area contributed by atoms with E-state index >= 15 is 0 Å². The maximum atomic E-state index is 11.5. The highest BCUT2D eigenvalue weighted by molar-refractivity contribution is 5.75. The van der Waals surface area contributed by atoms with Crippen LogP contribution in [0.1, 0.15) is 12.0 Å². The van der Waals surface area contributed by atoms with E-state index in [0.717, 1.165) is 11.8 Å². The zero-order valence-electron chi connectivity index (χ0n) is 12.9. The Balaban J connectivity index is 1.94. The van der Waals surface area contributed by atoms with Crippen LogP contribution in [0.4, 0.5) is 5.69 Å². The van der Waals surface area contributed by atoms with E-state index in [-0.39, 0.29) is 17.5 Å². The molecule has 0 aliphatic heterocycles. The summed E-state index contributed by atoms with van der Waals surface area (Å²) in [5.41, 5.74) is 0.947. The van der Waals surface area contributed by atoms with Gasteiger partial charge >= 0.3 is 0 Å². The first-order valence-electron chi connectivity index (χ1n) is 7.03. The Bertz CT molecular complexity index is 681. The lowest BCUT2D eigenvalue weighted by molar-refractivity contribution is -0.385. The zero-order chi connectivity index (χ0) is 16.8. The standard InChI is InChI=1S/C16H17N3O4/c1-18(2)16(20)10-5-12-3-7-14(8-4-12)23-15-9-6-13(11-17-15)19(21)22/h3-4,6-9,11H,5,10H2,1-2H3. The summed E-state index contributed by atoms with van der Waals surface area (Å²) in [6.45, 7) is 0. The quantitative estimate of drug-likeness (QED) is 0.604. The average Bonchev–Trinajstić information content (AvgIpc) is 2.54. The minimum absolute atomic E-state index is 0.0837. The molecule has 2 rings (SSSR count). The number of nitro groups is 1. The molecular weight excluding hydrogens is 298 g/mol. The number of aryl methyl sites for hydroxylation is 1. The molecule has 120 valence electrons. The van der Waals surface area contributed by atoms with Gasteiger partial charge in [0.15, 0.2) is 0 Å². The number of nitrogens with zero attached hydrogens (tertiary/aromatic N) is 3. The molecule has 0 fully saturated rings. The Morgan fingerprint density at radius 3 is 2.43 bits per heavy atom. The molecule has 0 atom stereocenters. The van der Waals surface area contributed by atoms with E-state index in [9.17, 15) is 14.9 Å². The van der Waals surface area contributed by atoms with Crippen molar-refractivity contribution in [3.05, 3.63) is 58.3 Å². The molecule has 2 aromatic rings. The number of hydrogen-bond donors (Lipinski definition) is 0. The molecule has 0 spiro atoms. The second kappa shape index (κ2) is 7.35. The molecular formula is C16H17N3O4. The third-order valence-electron chi connectivity index (χ3n) is 3.20. The highest BCUT2D eigenvalue weighted by Gasteiger charge is 2.07. The first kappa shape index (κ1) is 16.4. The van der Waals surface area contributed by atoms with Gasteiger partial charge in [-0.1, -0.05) is 12.1 Å². The summed E-state index contributed by atoms with van der Waals surface area (Å²) in [4.78, 5) is 27.0. The molecule has 1 aromatic carbocycles. The van der Waals surface area contributed by atoms with Crippen molar-refractivity contribution < 1.29 is 14.5 Å². The van der Waals surface area contributed by atoms with Crippen molar-refractivity contribution in [1.82, 2.24) is 9.88 Å². The molecule has 0 saturated carbocycles. The Morgan fingerprint density at radius 2 is 1.91 bits per heavy atom. The summed E-state index contributed by atoms with van der Waals surface area (Å²) in [5.74, 6) is 0.945. The van der Waals surface area contributed by atoms with Crippen LogP contribution in [0.2, 0.25) is 0 Å². The molecule has 1 aromatic heterocycles. The zero-order valence-corrected chi connectivity index (χ0v) is 12.9.